The number of halogens is 1. The quantitative estimate of drug-likeness (QED) is 0.482. The van der Waals surface area contributed by atoms with Gasteiger partial charge in [-0.25, -0.2) is 4.39 Å². The maximum Gasteiger partial charge on any atom is 0.324 e. The number of nitrogens with one attached hydrogen (secondary N) is 1. The molecule has 1 aromatic carbocycles. The van der Waals surface area contributed by atoms with Crippen molar-refractivity contribution < 1.29 is 9.13 Å². The zero-order chi connectivity index (χ0) is 22.7. The van der Waals surface area contributed by atoms with Crippen molar-refractivity contribution >= 4 is 11.5 Å². The van der Waals surface area contributed by atoms with E-state index in [0.29, 0.717) is 24.0 Å². The van der Waals surface area contributed by atoms with Crippen LogP contribution in [0.1, 0.15) is 30.3 Å². The number of aryl methyl sites for hydroxylation is 1. The second-order valence-corrected chi connectivity index (χ2v) is 9.23. The number of benzene rings is 1. The van der Waals surface area contributed by atoms with Gasteiger partial charge in [-0.1, -0.05) is 6.92 Å². The van der Waals surface area contributed by atoms with Crippen LogP contribution in [0.3, 0.4) is 0 Å². The van der Waals surface area contributed by atoms with Gasteiger partial charge in [0.2, 0.25) is 0 Å². The summed E-state index contributed by atoms with van der Waals surface area (Å²) in [4.78, 5) is 16.3. The Morgan fingerprint density at radius 3 is 2.82 bits per heavy atom. The predicted octanol–water partition coefficient (Wildman–Crippen LogP) is 3.76. The zero-order valence-corrected chi connectivity index (χ0v) is 18.8. The molecule has 0 bridgehead atoms. The molecule has 0 radical (unpaired) electrons. The van der Waals surface area contributed by atoms with E-state index in [-0.39, 0.29) is 17.9 Å². The van der Waals surface area contributed by atoms with E-state index in [0.717, 1.165) is 65.5 Å². The van der Waals surface area contributed by atoms with E-state index in [1.807, 2.05) is 19.2 Å². The Balaban J connectivity index is 1.44. The van der Waals surface area contributed by atoms with Crippen molar-refractivity contribution in [3.8, 4) is 22.9 Å². The van der Waals surface area contributed by atoms with Crippen molar-refractivity contribution in [2.24, 2.45) is 17.6 Å². The van der Waals surface area contributed by atoms with Gasteiger partial charge >= 0.3 is 6.01 Å². The van der Waals surface area contributed by atoms with E-state index in [2.05, 4.69) is 22.1 Å². The number of ether oxygens (including phenoxy) is 1. The van der Waals surface area contributed by atoms with E-state index < -0.39 is 0 Å². The highest BCUT2D eigenvalue weighted by atomic mass is 19.1. The summed E-state index contributed by atoms with van der Waals surface area (Å²) in [5.41, 5.74) is 11.7. The highest BCUT2D eigenvalue weighted by Gasteiger charge is 2.46. The fraction of sp³-hybridized carbons (Fsp3) is 0.400. The summed E-state index contributed by atoms with van der Waals surface area (Å²) in [6.45, 7) is 3.82. The number of nitrogens with two attached hydrogens (primary N) is 1. The molecule has 2 aromatic heterocycles. The fourth-order valence-electron chi connectivity index (χ4n) is 5.51. The number of aromatic nitrogens is 3. The molecule has 3 atom stereocenters. The smallest absolute Gasteiger partial charge is 0.324 e. The Hall–Kier alpha value is -3.26. The molecule has 3 aromatic rings. The molecule has 0 amide bonds. The van der Waals surface area contributed by atoms with E-state index >= 15 is 0 Å². The highest BCUT2D eigenvalue weighted by Crippen LogP contribution is 2.48. The average molecular weight is 447 g/mol. The largest absolute Gasteiger partial charge is 0.423 e. The molecule has 3 aliphatic rings. The molecule has 2 fully saturated rings. The van der Waals surface area contributed by atoms with Crippen molar-refractivity contribution in [3.05, 3.63) is 53.2 Å². The van der Waals surface area contributed by atoms with Crippen molar-refractivity contribution in [1.82, 2.24) is 15.0 Å². The van der Waals surface area contributed by atoms with Crippen LogP contribution in [0.25, 0.3) is 11.1 Å². The molecule has 3 N–H and O–H groups in total. The Labute approximate surface area is 192 Å². The van der Waals surface area contributed by atoms with Crippen LogP contribution in [0.15, 0.2) is 30.5 Å². The Morgan fingerprint density at radius 2 is 2.12 bits per heavy atom. The van der Waals surface area contributed by atoms with E-state index in [1.165, 1.54) is 6.07 Å². The number of pyridine rings is 1. The molecule has 6 rings (SSSR count). The zero-order valence-electron chi connectivity index (χ0n) is 18.8. The normalized spacial score (nSPS) is 22.4. The summed E-state index contributed by atoms with van der Waals surface area (Å²) in [7, 11) is 1.81. The van der Waals surface area contributed by atoms with Gasteiger partial charge in [-0.2, -0.15) is 9.97 Å². The second-order valence-electron chi connectivity index (χ2n) is 9.23. The van der Waals surface area contributed by atoms with Gasteiger partial charge < -0.3 is 20.7 Å². The van der Waals surface area contributed by atoms with Crippen molar-refractivity contribution in [2.75, 3.05) is 30.4 Å². The molecule has 0 spiro atoms. The van der Waals surface area contributed by atoms with Crippen LogP contribution >= 0.6 is 0 Å². The van der Waals surface area contributed by atoms with Crippen LogP contribution in [-0.2, 0) is 12.8 Å². The van der Waals surface area contributed by atoms with Crippen molar-refractivity contribution in [3.63, 3.8) is 0 Å². The summed E-state index contributed by atoms with van der Waals surface area (Å²) in [5.74, 6) is 2.19. The standard InChI is InChI=1S/C25H27FN6O/c1-3-15-4-5-16(10-29-15)33-25-30-22-9-17-18(7-14(26)8-21(17)28-2)23(22)24(31-25)32-11-13-6-20(27)19(13)12-32/h4-5,7-8,10,13,19-20,28H,3,6,9,11-12,27H2,1-2H3/t13?,19?,20-/m1/s1. The minimum absolute atomic E-state index is 0.245. The van der Waals surface area contributed by atoms with E-state index in [9.17, 15) is 4.39 Å². The fourth-order valence-corrected chi connectivity index (χ4v) is 5.51. The molecule has 8 heteroatoms. The van der Waals surface area contributed by atoms with Gasteiger partial charge in [0.05, 0.1) is 11.9 Å². The molecular formula is C25H27FN6O. The summed E-state index contributed by atoms with van der Waals surface area (Å²) in [5, 5.41) is 3.13. The van der Waals surface area contributed by atoms with Crippen LogP contribution < -0.4 is 20.7 Å². The first kappa shape index (κ1) is 20.4. The second kappa shape index (κ2) is 7.66. The lowest BCUT2D eigenvalue weighted by atomic mass is 9.72. The van der Waals surface area contributed by atoms with Crippen LogP contribution in [0, 0.1) is 17.7 Å². The number of anilines is 2. The van der Waals surface area contributed by atoms with E-state index in [1.54, 1.807) is 12.3 Å². The minimum atomic E-state index is -0.275. The van der Waals surface area contributed by atoms with Gasteiger partial charge in [0.25, 0.3) is 0 Å². The highest BCUT2D eigenvalue weighted by molar-refractivity contribution is 5.88. The summed E-state index contributed by atoms with van der Waals surface area (Å²) < 4.78 is 20.5. The van der Waals surface area contributed by atoms with Crippen LogP contribution in [0.4, 0.5) is 15.9 Å². The third-order valence-corrected chi connectivity index (χ3v) is 7.33. The molecule has 1 saturated carbocycles. The number of hydrogen-bond acceptors (Lipinski definition) is 7. The van der Waals surface area contributed by atoms with Gasteiger partial charge in [0, 0.05) is 49.5 Å². The third kappa shape index (κ3) is 3.31. The lowest BCUT2D eigenvalue weighted by Gasteiger charge is -2.36. The van der Waals surface area contributed by atoms with Gasteiger partial charge in [-0.15, -0.1) is 0 Å². The van der Waals surface area contributed by atoms with E-state index in [4.69, 9.17) is 20.4 Å². The molecule has 170 valence electrons. The lowest BCUT2D eigenvalue weighted by Crippen LogP contribution is -2.46. The lowest BCUT2D eigenvalue weighted by molar-refractivity contribution is 0.194. The molecule has 3 heterocycles. The van der Waals surface area contributed by atoms with Crippen LogP contribution in [-0.4, -0.2) is 41.1 Å². The molecule has 1 saturated heterocycles. The first-order chi connectivity index (χ1) is 16.0. The monoisotopic (exact) mass is 446 g/mol. The van der Waals surface area contributed by atoms with Crippen LogP contribution in [0.5, 0.6) is 11.8 Å². The van der Waals surface area contributed by atoms with Crippen molar-refractivity contribution in [1.29, 1.82) is 0 Å². The summed E-state index contributed by atoms with van der Waals surface area (Å²) in [6.07, 6.45) is 4.21. The van der Waals surface area contributed by atoms with Gasteiger partial charge in [-0.3, -0.25) is 4.98 Å². The molecule has 2 aliphatic carbocycles. The maximum atomic E-state index is 14.5. The SMILES string of the molecule is CCc1ccc(Oc2nc3c(c(N4CC5C[C@@H](N)C5C4)n2)-c2cc(F)cc(NC)c2C3)cn1. The maximum absolute atomic E-state index is 14.5. The van der Waals surface area contributed by atoms with Crippen LogP contribution in [0.2, 0.25) is 0 Å². The summed E-state index contributed by atoms with van der Waals surface area (Å²) in [6, 6.07) is 7.50. The average Bonchev–Trinajstić information content (AvgIpc) is 3.36. The molecule has 2 unspecified atom stereocenters. The first-order valence-corrected chi connectivity index (χ1v) is 11.6. The molecular weight excluding hydrogens is 419 g/mol. The molecule has 1 aliphatic heterocycles. The Morgan fingerprint density at radius 1 is 1.24 bits per heavy atom. The topological polar surface area (TPSA) is 89.2 Å². The number of rotatable bonds is 5. The van der Waals surface area contributed by atoms with Gasteiger partial charge in [0.15, 0.2) is 0 Å². The Kier molecular flexibility index (Phi) is 4.72. The number of nitrogens with zero attached hydrogens (tertiary/aromatic N) is 4. The molecule has 7 nitrogen and oxygen atoms in total. The number of fused-ring (bicyclic) bond motifs is 4. The minimum Gasteiger partial charge on any atom is -0.423 e. The van der Waals surface area contributed by atoms with Crippen molar-refractivity contribution in [2.45, 2.75) is 32.2 Å². The van der Waals surface area contributed by atoms with Gasteiger partial charge in [0.1, 0.15) is 17.4 Å². The first-order valence-electron chi connectivity index (χ1n) is 11.6. The molecule has 33 heavy (non-hydrogen) atoms. The van der Waals surface area contributed by atoms with Gasteiger partial charge in [-0.05, 0) is 60.1 Å². The number of hydrogen-bond donors (Lipinski definition) is 2. The summed E-state index contributed by atoms with van der Waals surface area (Å²) >= 11 is 0. The predicted molar refractivity (Wildman–Crippen MR) is 125 cm³/mol. The Bertz CT molecular complexity index is 1230. The third-order valence-electron chi connectivity index (χ3n) is 7.33.